The molecule has 1 aliphatic carbocycles. The first-order chi connectivity index (χ1) is 9.65. The van der Waals surface area contributed by atoms with E-state index < -0.39 is 0 Å². The van der Waals surface area contributed by atoms with Crippen molar-refractivity contribution in [3.63, 3.8) is 0 Å². The van der Waals surface area contributed by atoms with Gasteiger partial charge in [0.2, 0.25) is 5.95 Å². The average molecular weight is 294 g/mol. The van der Waals surface area contributed by atoms with Gasteiger partial charge in [-0.1, -0.05) is 31.5 Å². The third-order valence-electron chi connectivity index (χ3n) is 3.40. The summed E-state index contributed by atoms with van der Waals surface area (Å²) in [7, 11) is 0. The van der Waals surface area contributed by atoms with Gasteiger partial charge in [0, 0.05) is 12.2 Å². The van der Waals surface area contributed by atoms with Crippen LogP contribution in [0.4, 0.5) is 5.95 Å². The number of rotatable bonds is 6. The van der Waals surface area contributed by atoms with Crippen molar-refractivity contribution in [2.24, 2.45) is 5.73 Å². The highest BCUT2D eigenvalue weighted by molar-refractivity contribution is 7.80. The van der Waals surface area contributed by atoms with E-state index in [1.807, 2.05) is 6.92 Å². The maximum absolute atomic E-state index is 5.84. The van der Waals surface area contributed by atoms with Gasteiger partial charge in [-0.3, -0.25) is 0 Å². The first-order valence-electron chi connectivity index (χ1n) is 7.16. The second-order valence-electron chi connectivity index (χ2n) is 5.14. The lowest BCUT2D eigenvalue weighted by atomic mass is 9.98. The van der Waals surface area contributed by atoms with Gasteiger partial charge in [0.05, 0.1) is 12.7 Å². The van der Waals surface area contributed by atoms with Crippen LogP contribution in [0.2, 0.25) is 0 Å². The highest BCUT2D eigenvalue weighted by Gasteiger charge is 2.13. The van der Waals surface area contributed by atoms with E-state index in [0.29, 0.717) is 30.9 Å². The maximum atomic E-state index is 5.84. The lowest BCUT2D eigenvalue weighted by Crippen LogP contribution is -2.21. The van der Waals surface area contributed by atoms with Crippen LogP contribution >= 0.6 is 12.2 Å². The molecule has 1 aromatic heterocycles. The molecule has 1 aromatic rings. The predicted octanol–water partition coefficient (Wildman–Crippen LogP) is 2.18. The van der Waals surface area contributed by atoms with Gasteiger partial charge in [0.15, 0.2) is 0 Å². The van der Waals surface area contributed by atoms with Crippen LogP contribution in [0.1, 0.15) is 43.5 Å². The average Bonchev–Trinajstić information content (AvgIpc) is 2.44. The molecule has 1 heterocycles. The molecule has 0 unspecified atom stereocenters. The van der Waals surface area contributed by atoms with E-state index in [4.69, 9.17) is 22.7 Å². The number of hydrogen-bond donors (Lipinski definition) is 2. The van der Waals surface area contributed by atoms with E-state index in [2.05, 4.69) is 15.3 Å². The number of ether oxygens (including phenoxy) is 1. The number of hydrogen-bond acceptors (Lipinski definition) is 5. The molecule has 20 heavy (non-hydrogen) atoms. The molecule has 3 N–H and O–H groups in total. The Balaban J connectivity index is 1.77. The monoisotopic (exact) mass is 294 g/mol. The van der Waals surface area contributed by atoms with Crippen molar-refractivity contribution < 1.29 is 4.74 Å². The molecular weight excluding hydrogens is 272 g/mol. The van der Waals surface area contributed by atoms with Crippen LogP contribution in [0.5, 0.6) is 0 Å². The number of thiocarbonyl (C=S) groups is 1. The molecule has 2 rings (SSSR count). The number of aryl methyl sites for hydroxylation is 1. The van der Waals surface area contributed by atoms with Gasteiger partial charge in [-0.05, 0) is 25.8 Å². The van der Waals surface area contributed by atoms with Crippen molar-refractivity contribution in [2.75, 3.05) is 18.5 Å². The van der Waals surface area contributed by atoms with Crippen LogP contribution in [0, 0.1) is 6.92 Å². The van der Waals surface area contributed by atoms with Crippen LogP contribution in [0.3, 0.4) is 0 Å². The molecule has 0 atom stereocenters. The molecule has 1 aliphatic rings. The van der Waals surface area contributed by atoms with Crippen LogP contribution in [0.25, 0.3) is 0 Å². The molecular formula is C14H22N4OS. The van der Waals surface area contributed by atoms with Gasteiger partial charge >= 0.3 is 0 Å². The van der Waals surface area contributed by atoms with Crippen LogP contribution in [-0.4, -0.2) is 34.2 Å². The summed E-state index contributed by atoms with van der Waals surface area (Å²) in [5, 5.41) is 3.16. The van der Waals surface area contributed by atoms with Crippen LogP contribution < -0.4 is 11.1 Å². The number of nitrogens with one attached hydrogen (secondary N) is 1. The summed E-state index contributed by atoms with van der Waals surface area (Å²) in [6.45, 7) is 3.26. The van der Waals surface area contributed by atoms with Crippen molar-refractivity contribution >= 4 is 23.2 Å². The van der Waals surface area contributed by atoms with E-state index in [1.54, 1.807) is 6.07 Å². The third kappa shape index (κ3) is 4.68. The summed E-state index contributed by atoms with van der Waals surface area (Å²) in [6.07, 6.45) is 6.72. The molecule has 0 bridgehead atoms. The van der Waals surface area contributed by atoms with Crippen LogP contribution in [-0.2, 0) is 4.74 Å². The Morgan fingerprint density at radius 1 is 1.40 bits per heavy atom. The van der Waals surface area contributed by atoms with E-state index in [-0.39, 0.29) is 4.99 Å². The summed E-state index contributed by atoms with van der Waals surface area (Å²) in [4.78, 5) is 8.87. The van der Waals surface area contributed by atoms with Gasteiger partial charge in [-0.15, -0.1) is 0 Å². The molecule has 6 heteroatoms. The molecule has 0 aromatic carbocycles. The Morgan fingerprint density at radius 2 is 2.15 bits per heavy atom. The summed E-state index contributed by atoms with van der Waals surface area (Å²) >= 11 is 4.94. The summed E-state index contributed by atoms with van der Waals surface area (Å²) in [5.74, 6) is 0.556. The standard InChI is InChI=1S/C14H22N4OS/c1-10-9-12(13(15)20)18-14(17-10)16-7-8-19-11-5-3-2-4-6-11/h9,11H,2-8H2,1H3,(H2,15,20)(H,16,17,18). The zero-order chi connectivity index (χ0) is 14.4. The fourth-order valence-corrected chi connectivity index (χ4v) is 2.50. The minimum atomic E-state index is 0.289. The van der Waals surface area contributed by atoms with Gasteiger partial charge < -0.3 is 15.8 Å². The fraction of sp³-hybridized carbons (Fsp3) is 0.643. The first kappa shape index (κ1) is 15.1. The zero-order valence-corrected chi connectivity index (χ0v) is 12.7. The second kappa shape index (κ2) is 7.50. The topological polar surface area (TPSA) is 73.1 Å². The van der Waals surface area contributed by atoms with E-state index in [9.17, 15) is 0 Å². The molecule has 0 spiro atoms. The molecule has 5 nitrogen and oxygen atoms in total. The molecule has 110 valence electrons. The predicted molar refractivity (Wildman–Crippen MR) is 84.0 cm³/mol. The number of aromatic nitrogens is 2. The lowest BCUT2D eigenvalue weighted by molar-refractivity contribution is 0.0347. The van der Waals surface area contributed by atoms with Gasteiger partial charge in [-0.2, -0.15) is 0 Å². The maximum Gasteiger partial charge on any atom is 0.223 e. The smallest absolute Gasteiger partial charge is 0.223 e. The van der Waals surface area contributed by atoms with E-state index >= 15 is 0 Å². The molecule has 0 aliphatic heterocycles. The van der Waals surface area contributed by atoms with Crippen molar-refractivity contribution in [1.82, 2.24) is 9.97 Å². The van der Waals surface area contributed by atoms with Crippen molar-refractivity contribution in [2.45, 2.75) is 45.1 Å². The second-order valence-corrected chi connectivity index (χ2v) is 5.58. The Kier molecular flexibility index (Phi) is 5.67. The Bertz CT molecular complexity index is 460. The molecule has 1 fully saturated rings. The minimum Gasteiger partial charge on any atom is -0.388 e. The Labute approximate surface area is 125 Å². The van der Waals surface area contributed by atoms with Gasteiger partial charge in [-0.25, -0.2) is 9.97 Å². The number of nitrogens with zero attached hydrogens (tertiary/aromatic N) is 2. The van der Waals surface area contributed by atoms with Crippen molar-refractivity contribution in [1.29, 1.82) is 0 Å². The van der Waals surface area contributed by atoms with Gasteiger partial charge in [0.25, 0.3) is 0 Å². The Morgan fingerprint density at radius 3 is 2.85 bits per heavy atom. The molecule has 0 amide bonds. The molecule has 0 radical (unpaired) electrons. The van der Waals surface area contributed by atoms with Crippen molar-refractivity contribution in [3.05, 3.63) is 17.5 Å². The lowest BCUT2D eigenvalue weighted by Gasteiger charge is -2.22. The van der Waals surface area contributed by atoms with Crippen molar-refractivity contribution in [3.8, 4) is 0 Å². The minimum absolute atomic E-state index is 0.289. The highest BCUT2D eigenvalue weighted by Crippen LogP contribution is 2.19. The molecule has 0 saturated heterocycles. The number of nitrogens with two attached hydrogens (primary N) is 1. The first-order valence-corrected chi connectivity index (χ1v) is 7.57. The SMILES string of the molecule is Cc1cc(C(N)=S)nc(NCCOC2CCCCC2)n1. The number of anilines is 1. The quantitative estimate of drug-likeness (QED) is 0.619. The van der Waals surface area contributed by atoms with Crippen LogP contribution in [0.15, 0.2) is 6.07 Å². The highest BCUT2D eigenvalue weighted by atomic mass is 32.1. The van der Waals surface area contributed by atoms with E-state index in [0.717, 1.165) is 5.69 Å². The summed E-state index contributed by atoms with van der Waals surface area (Å²) in [6, 6.07) is 1.78. The molecule has 1 saturated carbocycles. The zero-order valence-electron chi connectivity index (χ0n) is 11.9. The van der Waals surface area contributed by atoms with Gasteiger partial charge in [0.1, 0.15) is 10.7 Å². The fourth-order valence-electron chi connectivity index (χ4n) is 2.39. The van der Waals surface area contributed by atoms with E-state index in [1.165, 1.54) is 32.1 Å². The third-order valence-corrected chi connectivity index (χ3v) is 3.61. The normalized spacial score (nSPS) is 16.1. The Hall–Kier alpha value is -1.27. The summed E-state index contributed by atoms with van der Waals surface area (Å²) < 4.78 is 5.84. The summed E-state index contributed by atoms with van der Waals surface area (Å²) in [5.41, 5.74) is 7.04. The largest absolute Gasteiger partial charge is 0.388 e.